The Labute approximate surface area is 167 Å². The van der Waals surface area contributed by atoms with Crippen LogP contribution >= 0.6 is 11.3 Å². The molecule has 148 valence electrons. The van der Waals surface area contributed by atoms with Gasteiger partial charge in [0, 0.05) is 19.0 Å². The fraction of sp³-hybridized carbons (Fsp3) is 0.500. The van der Waals surface area contributed by atoms with Crippen molar-refractivity contribution in [2.75, 3.05) is 13.1 Å². The second kappa shape index (κ2) is 7.87. The number of nitrogens with one attached hydrogen (secondary N) is 1. The lowest BCUT2D eigenvalue weighted by atomic mass is 9.79. The minimum atomic E-state index is -0.978. The first kappa shape index (κ1) is 18.9. The summed E-state index contributed by atoms with van der Waals surface area (Å²) in [5, 5.41) is 3.54. The summed E-state index contributed by atoms with van der Waals surface area (Å²) in [6, 6.07) is 7.53. The van der Waals surface area contributed by atoms with E-state index in [-0.39, 0.29) is 17.8 Å². The number of ether oxygens (including phenoxy) is 1. The van der Waals surface area contributed by atoms with Gasteiger partial charge in [-0.25, -0.2) is 9.78 Å². The standard InChI is InChI=1S/C20H23N3O4S/c1-12(18(24)23-11-10-21-20(23)26)27-19(25)14-7-3-2-6-13(14)17-22-15-8-4-5-9-16(15)28-17/h4-5,8-9,12-14H,2-3,6-7,10-11H2,1H3,(H,21,26)/t12-,13-,14-/m0/s1. The van der Waals surface area contributed by atoms with E-state index in [2.05, 4.69) is 5.32 Å². The predicted molar refractivity (Wildman–Crippen MR) is 105 cm³/mol. The molecule has 8 heteroatoms. The summed E-state index contributed by atoms with van der Waals surface area (Å²) < 4.78 is 6.61. The van der Waals surface area contributed by atoms with Gasteiger partial charge in [-0.1, -0.05) is 25.0 Å². The Kier molecular flexibility index (Phi) is 5.30. The first-order chi connectivity index (χ1) is 13.5. The molecule has 1 N–H and O–H groups in total. The molecule has 0 radical (unpaired) electrons. The molecule has 0 unspecified atom stereocenters. The molecule has 1 saturated carbocycles. The molecule has 7 nitrogen and oxygen atoms in total. The van der Waals surface area contributed by atoms with Gasteiger partial charge in [-0.15, -0.1) is 11.3 Å². The van der Waals surface area contributed by atoms with Crippen LogP contribution in [0, 0.1) is 5.92 Å². The van der Waals surface area contributed by atoms with Crippen LogP contribution in [0.3, 0.4) is 0 Å². The predicted octanol–water partition coefficient (Wildman–Crippen LogP) is 3.05. The van der Waals surface area contributed by atoms with Crippen molar-refractivity contribution in [3.8, 4) is 0 Å². The molecule has 0 bridgehead atoms. The molecule has 2 aromatic rings. The summed E-state index contributed by atoms with van der Waals surface area (Å²) >= 11 is 1.62. The molecule has 2 heterocycles. The number of thiazole rings is 1. The van der Waals surface area contributed by atoms with Crippen LogP contribution in [-0.4, -0.2) is 47.0 Å². The second-order valence-corrected chi connectivity index (χ2v) is 8.38. The van der Waals surface area contributed by atoms with Crippen LogP contribution in [0.1, 0.15) is 43.5 Å². The highest BCUT2D eigenvalue weighted by atomic mass is 32.1. The van der Waals surface area contributed by atoms with Gasteiger partial charge in [-0.2, -0.15) is 0 Å². The summed E-state index contributed by atoms with van der Waals surface area (Å²) in [5.74, 6) is -1.15. The molecule has 3 atom stereocenters. The number of nitrogens with zero attached hydrogens (tertiary/aromatic N) is 2. The first-order valence-corrected chi connectivity index (χ1v) is 10.5. The number of hydrogen-bond donors (Lipinski definition) is 1. The summed E-state index contributed by atoms with van der Waals surface area (Å²) in [5.41, 5.74) is 0.948. The van der Waals surface area contributed by atoms with Crippen LogP contribution in [-0.2, 0) is 14.3 Å². The fourth-order valence-corrected chi connectivity index (χ4v) is 5.14. The second-order valence-electron chi connectivity index (χ2n) is 7.32. The van der Waals surface area contributed by atoms with Crippen LogP contribution in [0.15, 0.2) is 24.3 Å². The van der Waals surface area contributed by atoms with Gasteiger partial charge in [0.25, 0.3) is 5.91 Å². The number of hydrogen-bond acceptors (Lipinski definition) is 6. The summed E-state index contributed by atoms with van der Waals surface area (Å²) in [7, 11) is 0. The molecule has 1 aromatic carbocycles. The van der Waals surface area contributed by atoms with E-state index in [1.54, 1.807) is 11.3 Å². The third-order valence-electron chi connectivity index (χ3n) is 5.46. The molecule has 1 aliphatic carbocycles. The molecule has 3 amide bonds. The minimum absolute atomic E-state index is 0.0102. The Morgan fingerprint density at radius 3 is 2.82 bits per heavy atom. The zero-order chi connectivity index (χ0) is 19.7. The van der Waals surface area contributed by atoms with Crippen LogP contribution in [0.4, 0.5) is 4.79 Å². The van der Waals surface area contributed by atoms with Crippen molar-refractivity contribution in [2.24, 2.45) is 5.92 Å². The number of carbonyl (C=O) groups is 3. The highest BCUT2D eigenvalue weighted by molar-refractivity contribution is 7.18. The lowest BCUT2D eigenvalue weighted by Crippen LogP contribution is -2.43. The topological polar surface area (TPSA) is 88.6 Å². The van der Waals surface area contributed by atoms with Gasteiger partial charge in [0.15, 0.2) is 6.10 Å². The highest BCUT2D eigenvalue weighted by Gasteiger charge is 2.38. The van der Waals surface area contributed by atoms with Crippen molar-refractivity contribution in [1.82, 2.24) is 15.2 Å². The molecule has 1 aliphatic heterocycles. The zero-order valence-corrected chi connectivity index (χ0v) is 16.5. The average Bonchev–Trinajstić information content (AvgIpc) is 3.33. The van der Waals surface area contributed by atoms with Crippen molar-refractivity contribution in [3.05, 3.63) is 29.3 Å². The maximum Gasteiger partial charge on any atom is 0.324 e. The van der Waals surface area contributed by atoms with Crippen molar-refractivity contribution in [3.63, 3.8) is 0 Å². The van der Waals surface area contributed by atoms with Gasteiger partial charge in [-0.05, 0) is 31.9 Å². The third-order valence-corrected chi connectivity index (χ3v) is 6.63. The molecular weight excluding hydrogens is 378 g/mol. The number of rotatable bonds is 4. The molecule has 1 saturated heterocycles. The molecule has 0 spiro atoms. The molecule has 1 aromatic heterocycles. The van der Waals surface area contributed by atoms with Crippen molar-refractivity contribution < 1.29 is 19.1 Å². The normalized spacial score (nSPS) is 23.5. The number of esters is 1. The van der Waals surface area contributed by atoms with Gasteiger partial charge < -0.3 is 10.1 Å². The average molecular weight is 401 g/mol. The van der Waals surface area contributed by atoms with E-state index < -0.39 is 18.0 Å². The number of benzene rings is 1. The van der Waals surface area contributed by atoms with Crippen molar-refractivity contribution >= 4 is 39.5 Å². The third kappa shape index (κ3) is 3.61. The van der Waals surface area contributed by atoms with Crippen LogP contribution in [0.2, 0.25) is 0 Å². The molecule has 4 rings (SSSR count). The Bertz CT molecular complexity index is 879. The molecule has 2 aliphatic rings. The summed E-state index contributed by atoms with van der Waals surface area (Å²) in [6.45, 7) is 2.26. The molecule has 2 fully saturated rings. The van der Waals surface area contributed by atoms with Crippen LogP contribution < -0.4 is 5.32 Å². The lowest BCUT2D eigenvalue weighted by Gasteiger charge is -2.29. The fourth-order valence-electron chi connectivity index (χ4n) is 3.97. The Morgan fingerprint density at radius 2 is 2.07 bits per heavy atom. The first-order valence-electron chi connectivity index (χ1n) is 9.70. The van der Waals surface area contributed by atoms with Crippen molar-refractivity contribution in [1.29, 1.82) is 0 Å². The van der Waals surface area contributed by atoms with Crippen LogP contribution in [0.5, 0.6) is 0 Å². The maximum atomic E-state index is 12.9. The van der Waals surface area contributed by atoms with Gasteiger partial charge in [0.2, 0.25) is 0 Å². The highest BCUT2D eigenvalue weighted by Crippen LogP contribution is 2.41. The van der Waals surface area contributed by atoms with E-state index in [0.29, 0.717) is 13.1 Å². The number of imide groups is 1. The summed E-state index contributed by atoms with van der Waals surface area (Å²) in [6.07, 6.45) is 2.64. The monoisotopic (exact) mass is 401 g/mol. The van der Waals surface area contributed by atoms with Crippen LogP contribution in [0.25, 0.3) is 10.2 Å². The van der Waals surface area contributed by atoms with Gasteiger partial charge in [0.1, 0.15) is 0 Å². The Morgan fingerprint density at radius 1 is 1.29 bits per heavy atom. The number of aromatic nitrogens is 1. The number of carbonyl (C=O) groups excluding carboxylic acids is 3. The molecule has 28 heavy (non-hydrogen) atoms. The molecular formula is C20H23N3O4S. The summed E-state index contributed by atoms with van der Waals surface area (Å²) in [4.78, 5) is 42.8. The van der Waals surface area contributed by atoms with E-state index in [4.69, 9.17) is 9.72 Å². The van der Waals surface area contributed by atoms with E-state index in [1.165, 1.54) is 6.92 Å². The number of amides is 3. The number of fused-ring (bicyclic) bond motifs is 1. The quantitative estimate of drug-likeness (QED) is 0.796. The van der Waals surface area contributed by atoms with Gasteiger partial charge in [-0.3, -0.25) is 14.5 Å². The largest absolute Gasteiger partial charge is 0.452 e. The van der Waals surface area contributed by atoms with E-state index in [9.17, 15) is 14.4 Å². The van der Waals surface area contributed by atoms with Gasteiger partial charge >= 0.3 is 12.0 Å². The van der Waals surface area contributed by atoms with E-state index in [1.807, 2.05) is 24.3 Å². The number of para-hydroxylation sites is 1. The minimum Gasteiger partial charge on any atom is -0.452 e. The Balaban J connectivity index is 1.48. The zero-order valence-electron chi connectivity index (χ0n) is 15.7. The number of urea groups is 1. The van der Waals surface area contributed by atoms with E-state index in [0.717, 1.165) is 45.8 Å². The van der Waals surface area contributed by atoms with E-state index >= 15 is 0 Å². The smallest absolute Gasteiger partial charge is 0.324 e. The van der Waals surface area contributed by atoms with Gasteiger partial charge in [0.05, 0.1) is 21.1 Å². The SMILES string of the molecule is C[C@H](OC(=O)[C@H]1CCCC[C@@H]1c1nc2ccccc2s1)C(=O)N1CCNC1=O. The maximum absolute atomic E-state index is 12.9. The van der Waals surface area contributed by atoms with Crippen molar-refractivity contribution in [2.45, 2.75) is 44.6 Å². The lowest BCUT2D eigenvalue weighted by molar-refractivity contribution is -0.162. The Hall–Kier alpha value is -2.48.